The SMILES string of the molecule is CNCC(=O)NCCCN1CCN(c2ccccc2)CC1.Cl. The first-order valence-electron chi connectivity index (χ1n) is 7.73. The zero-order chi connectivity index (χ0) is 14.9. The Morgan fingerprint density at radius 3 is 2.45 bits per heavy atom. The molecule has 2 N–H and O–H groups in total. The maximum Gasteiger partial charge on any atom is 0.233 e. The second-order valence-electron chi connectivity index (χ2n) is 5.40. The summed E-state index contributed by atoms with van der Waals surface area (Å²) >= 11 is 0. The number of halogens is 1. The van der Waals surface area contributed by atoms with Crippen molar-refractivity contribution in [1.82, 2.24) is 15.5 Å². The summed E-state index contributed by atoms with van der Waals surface area (Å²) in [5.74, 6) is 0.0754. The molecule has 2 rings (SSSR count). The summed E-state index contributed by atoms with van der Waals surface area (Å²) in [6.45, 7) is 6.57. The number of carbonyl (C=O) groups is 1. The molecule has 22 heavy (non-hydrogen) atoms. The number of carbonyl (C=O) groups excluding carboxylic acids is 1. The number of anilines is 1. The number of hydrogen-bond acceptors (Lipinski definition) is 4. The minimum Gasteiger partial charge on any atom is -0.369 e. The summed E-state index contributed by atoms with van der Waals surface area (Å²) in [6.07, 6.45) is 1.01. The van der Waals surface area contributed by atoms with E-state index in [0.717, 1.165) is 45.7 Å². The maximum absolute atomic E-state index is 11.3. The highest BCUT2D eigenvalue weighted by Crippen LogP contribution is 2.15. The summed E-state index contributed by atoms with van der Waals surface area (Å²) in [6, 6.07) is 10.6. The van der Waals surface area contributed by atoms with Crippen molar-refractivity contribution in [3.63, 3.8) is 0 Å². The number of para-hydroxylation sites is 1. The lowest BCUT2D eigenvalue weighted by molar-refractivity contribution is -0.120. The molecule has 1 aliphatic rings. The third-order valence-electron chi connectivity index (χ3n) is 3.80. The van der Waals surface area contributed by atoms with Crippen LogP contribution in [0.4, 0.5) is 5.69 Å². The number of hydrogen-bond donors (Lipinski definition) is 2. The molecule has 0 bridgehead atoms. The van der Waals surface area contributed by atoms with Gasteiger partial charge in [-0.1, -0.05) is 18.2 Å². The third kappa shape index (κ3) is 6.22. The molecule has 1 fully saturated rings. The van der Waals surface area contributed by atoms with E-state index in [9.17, 15) is 4.79 Å². The first-order chi connectivity index (χ1) is 10.3. The molecule has 1 heterocycles. The minimum absolute atomic E-state index is 0. The van der Waals surface area contributed by atoms with E-state index in [1.807, 2.05) is 0 Å². The standard InChI is InChI=1S/C16H26N4O.ClH/c1-17-14-16(21)18-8-5-9-19-10-12-20(13-11-19)15-6-3-2-4-7-15;/h2-4,6-7,17H,5,8-14H2,1H3,(H,18,21);1H. The maximum atomic E-state index is 11.3. The largest absolute Gasteiger partial charge is 0.369 e. The van der Waals surface area contributed by atoms with Crippen molar-refractivity contribution in [2.45, 2.75) is 6.42 Å². The van der Waals surface area contributed by atoms with Crippen molar-refractivity contribution in [1.29, 1.82) is 0 Å². The molecule has 5 nitrogen and oxygen atoms in total. The quantitative estimate of drug-likeness (QED) is 0.733. The van der Waals surface area contributed by atoms with E-state index in [0.29, 0.717) is 6.54 Å². The van der Waals surface area contributed by atoms with Crippen LogP contribution in [-0.4, -0.2) is 63.7 Å². The van der Waals surface area contributed by atoms with E-state index in [2.05, 4.69) is 50.8 Å². The van der Waals surface area contributed by atoms with Gasteiger partial charge in [0, 0.05) is 38.4 Å². The van der Waals surface area contributed by atoms with Gasteiger partial charge in [0.15, 0.2) is 0 Å². The molecule has 0 spiro atoms. The Balaban J connectivity index is 0.00000242. The number of likely N-dealkylation sites (N-methyl/N-ethyl adjacent to an activating group) is 1. The van der Waals surface area contributed by atoms with E-state index in [1.165, 1.54) is 5.69 Å². The van der Waals surface area contributed by atoms with Gasteiger partial charge in [0.25, 0.3) is 0 Å². The molecule has 1 aromatic rings. The Morgan fingerprint density at radius 1 is 1.14 bits per heavy atom. The van der Waals surface area contributed by atoms with Crippen LogP contribution in [0.15, 0.2) is 30.3 Å². The normalized spacial score (nSPS) is 15.2. The second kappa shape index (κ2) is 10.4. The second-order valence-corrected chi connectivity index (χ2v) is 5.40. The van der Waals surface area contributed by atoms with E-state index in [1.54, 1.807) is 7.05 Å². The fraction of sp³-hybridized carbons (Fsp3) is 0.562. The van der Waals surface area contributed by atoms with Crippen LogP contribution in [0.1, 0.15) is 6.42 Å². The average Bonchev–Trinajstić information content (AvgIpc) is 2.53. The molecular formula is C16H27ClN4O. The predicted octanol–water partition coefficient (Wildman–Crippen LogP) is 0.956. The molecule has 0 radical (unpaired) electrons. The molecule has 1 saturated heterocycles. The van der Waals surface area contributed by atoms with Gasteiger partial charge in [-0.2, -0.15) is 0 Å². The summed E-state index contributed by atoms with van der Waals surface area (Å²) < 4.78 is 0. The highest BCUT2D eigenvalue weighted by molar-refractivity contribution is 5.85. The van der Waals surface area contributed by atoms with Crippen LogP contribution in [0.25, 0.3) is 0 Å². The number of nitrogens with one attached hydrogen (secondary N) is 2. The zero-order valence-electron chi connectivity index (χ0n) is 13.3. The Bertz CT molecular complexity index is 421. The Morgan fingerprint density at radius 2 is 1.82 bits per heavy atom. The topological polar surface area (TPSA) is 47.6 Å². The van der Waals surface area contributed by atoms with Crippen molar-refractivity contribution < 1.29 is 4.79 Å². The van der Waals surface area contributed by atoms with Gasteiger partial charge in [-0.05, 0) is 32.1 Å². The number of amides is 1. The molecule has 1 aliphatic heterocycles. The van der Waals surface area contributed by atoms with Crippen LogP contribution >= 0.6 is 12.4 Å². The van der Waals surface area contributed by atoms with Crippen molar-refractivity contribution in [3.05, 3.63) is 30.3 Å². The molecule has 1 aromatic carbocycles. The van der Waals surface area contributed by atoms with Gasteiger partial charge in [-0.15, -0.1) is 12.4 Å². The lowest BCUT2D eigenvalue weighted by Crippen LogP contribution is -2.47. The van der Waals surface area contributed by atoms with Crippen LogP contribution < -0.4 is 15.5 Å². The Kier molecular flexibility index (Phi) is 8.89. The van der Waals surface area contributed by atoms with Gasteiger partial charge < -0.3 is 15.5 Å². The monoisotopic (exact) mass is 326 g/mol. The summed E-state index contributed by atoms with van der Waals surface area (Å²) in [5, 5.41) is 5.77. The predicted molar refractivity (Wildman–Crippen MR) is 93.9 cm³/mol. The lowest BCUT2D eigenvalue weighted by atomic mass is 10.2. The third-order valence-corrected chi connectivity index (χ3v) is 3.80. The molecule has 0 atom stereocenters. The zero-order valence-corrected chi connectivity index (χ0v) is 14.1. The van der Waals surface area contributed by atoms with Crippen LogP contribution in [0.3, 0.4) is 0 Å². The van der Waals surface area contributed by atoms with E-state index < -0.39 is 0 Å². The van der Waals surface area contributed by atoms with Crippen molar-refractivity contribution in [2.75, 3.05) is 57.8 Å². The van der Waals surface area contributed by atoms with Gasteiger partial charge in [0.1, 0.15) is 0 Å². The highest BCUT2D eigenvalue weighted by Gasteiger charge is 2.16. The average molecular weight is 327 g/mol. The van der Waals surface area contributed by atoms with Crippen molar-refractivity contribution in [2.24, 2.45) is 0 Å². The lowest BCUT2D eigenvalue weighted by Gasteiger charge is -2.36. The summed E-state index contributed by atoms with van der Waals surface area (Å²) in [7, 11) is 1.78. The van der Waals surface area contributed by atoms with Crippen molar-refractivity contribution in [3.8, 4) is 0 Å². The fourth-order valence-corrected chi connectivity index (χ4v) is 2.62. The van der Waals surface area contributed by atoms with E-state index in [-0.39, 0.29) is 18.3 Å². The molecule has 0 aromatic heterocycles. The van der Waals surface area contributed by atoms with Crippen LogP contribution in [0, 0.1) is 0 Å². The number of nitrogens with zero attached hydrogens (tertiary/aromatic N) is 2. The van der Waals surface area contributed by atoms with Gasteiger partial charge in [-0.25, -0.2) is 0 Å². The van der Waals surface area contributed by atoms with E-state index in [4.69, 9.17) is 0 Å². The van der Waals surface area contributed by atoms with Crippen LogP contribution in [0.2, 0.25) is 0 Å². The molecule has 0 saturated carbocycles. The van der Waals surface area contributed by atoms with Gasteiger partial charge >= 0.3 is 0 Å². The fourth-order valence-electron chi connectivity index (χ4n) is 2.62. The molecule has 0 aliphatic carbocycles. The molecular weight excluding hydrogens is 300 g/mol. The minimum atomic E-state index is 0. The number of benzene rings is 1. The van der Waals surface area contributed by atoms with Gasteiger partial charge in [0.05, 0.1) is 6.54 Å². The van der Waals surface area contributed by atoms with Crippen molar-refractivity contribution >= 4 is 24.0 Å². The van der Waals surface area contributed by atoms with Crippen LogP contribution in [-0.2, 0) is 4.79 Å². The summed E-state index contributed by atoms with van der Waals surface area (Å²) in [4.78, 5) is 16.2. The smallest absolute Gasteiger partial charge is 0.233 e. The van der Waals surface area contributed by atoms with Gasteiger partial charge in [0.2, 0.25) is 5.91 Å². The highest BCUT2D eigenvalue weighted by atomic mass is 35.5. The molecule has 124 valence electrons. The van der Waals surface area contributed by atoms with E-state index >= 15 is 0 Å². The number of rotatable bonds is 7. The summed E-state index contributed by atoms with van der Waals surface area (Å²) in [5.41, 5.74) is 1.32. The molecule has 6 heteroatoms. The van der Waals surface area contributed by atoms with Crippen LogP contribution in [0.5, 0.6) is 0 Å². The number of piperazine rings is 1. The van der Waals surface area contributed by atoms with Gasteiger partial charge in [-0.3, -0.25) is 9.69 Å². The molecule has 0 unspecified atom stereocenters. The first-order valence-corrected chi connectivity index (χ1v) is 7.73. The Hall–Kier alpha value is -1.30. The molecule has 1 amide bonds. The Labute approximate surface area is 139 Å². The first kappa shape index (κ1) is 18.7.